The van der Waals surface area contributed by atoms with Gasteiger partial charge < -0.3 is 15.8 Å². The molecular formula is C14H20ClF3N2O4S. The van der Waals surface area contributed by atoms with E-state index in [4.69, 9.17) is 10.5 Å². The lowest BCUT2D eigenvalue weighted by atomic mass is 10.2. The van der Waals surface area contributed by atoms with Crippen LogP contribution in [0, 0.1) is 0 Å². The molecule has 0 aliphatic carbocycles. The molecule has 0 spiro atoms. The Kier molecular flexibility index (Phi) is 9.23. The maximum atomic E-state index is 12.4. The van der Waals surface area contributed by atoms with Crippen LogP contribution in [-0.2, 0) is 20.8 Å². The zero-order valence-corrected chi connectivity index (χ0v) is 15.0. The third-order valence-corrected chi connectivity index (χ3v) is 3.97. The van der Waals surface area contributed by atoms with Crippen LogP contribution < -0.4 is 15.8 Å². The molecule has 0 aliphatic heterocycles. The summed E-state index contributed by atoms with van der Waals surface area (Å²) < 4.78 is 64.3. The van der Waals surface area contributed by atoms with Gasteiger partial charge in [0.05, 0.1) is 23.9 Å². The maximum Gasteiger partial charge on any atom is 0.416 e. The molecule has 0 saturated heterocycles. The molecule has 0 fully saturated rings. The number of carbonyl (C=O) groups is 1. The number of nitrogens with two attached hydrogens (primary N) is 1. The fourth-order valence-corrected chi connectivity index (χ4v) is 2.37. The quantitative estimate of drug-likeness (QED) is 0.638. The molecule has 3 N–H and O–H groups in total. The highest BCUT2D eigenvalue weighted by Crippen LogP contribution is 2.30. The minimum absolute atomic E-state index is 0. The summed E-state index contributed by atoms with van der Waals surface area (Å²) in [5.41, 5.74) is 4.77. The summed E-state index contributed by atoms with van der Waals surface area (Å²) in [4.78, 5) is 11.6. The Hall–Kier alpha value is -1.52. The molecule has 11 heteroatoms. The van der Waals surface area contributed by atoms with E-state index in [1.807, 2.05) is 0 Å². The van der Waals surface area contributed by atoms with Crippen molar-refractivity contribution in [2.24, 2.45) is 5.73 Å². The molecular weight excluding hydrogens is 385 g/mol. The van der Waals surface area contributed by atoms with E-state index in [1.54, 1.807) is 0 Å². The summed E-state index contributed by atoms with van der Waals surface area (Å²) in [5, 5.41) is 2.46. The van der Waals surface area contributed by atoms with Gasteiger partial charge in [-0.25, -0.2) is 8.42 Å². The first-order chi connectivity index (χ1) is 11.0. The van der Waals surface area contributed by atoms with Crippen molar-refractivity contribution in [1.82, 2.24) is 5.32 Å². The van der Waals surface area contributed by atoms with E-state index in [0.717, 1.165) is 18.4 Å². The Morgan fingerprint density at radius 2 is 1.84 bits per heavy atom. The van der Waals surface area contributed by atoms with E-state index in [2.05, 4.69) is 5.32 Å². The standard InChI is InChI=1S/C14H19F3N2O4S.ClH/c1-24(21,22)9-6-12(18)13(20)19-7-8-23-11-4-2-10(3-5-11)14(15,16)17;/h2-5,12H,6-9,18H2,1H3,(H,19,20);1H. The minimum Gasteiger partial charge on any atom is -0.492 e. The van der Waals surface area contributed by atoms with E-state index in [1.165, 1.54) is 12.1 Å². The van der Waals surface area contributed by atoms with Gasteiger partial charge in [0.2, 0.25) is 5.91 Å². The molecule has 1 rings (SSSR count). The number of nitrogens with one attached hydrogen (secondary N) is 1. The van der Waals surface area contributed by atoms with Gasteiger partial charge in [-0.3, -0.25) is 4.79 Å². The zero-order valence-electron chi connectivity index (χ0n) is 13.4. The van der Waals surface area contributed by atoms with Gasteiger partial charge in [-0.15, -0.1) is 12.4 Å². The van der Waals surface area contributed by atoms with E-state index in [0.29, 0.717) is 0 Å². The number of hydrogen-bond acceptors (Lipinski definition) is 5. The predicted molar refractivity (Wildman–Crippen MR) is 89.5 cm³/mol. The van der Waals surface area contributed by atoms with Gasteiger partial charge in [0.1, 0.15) is 22.2 Å². The minimum atomic E-state index is -4.41. The summed E-state index contributed by atoms with van der Waals surface area (Å²) in [6.07, 6.45) is -3.35. The van der Waals surface area contributed by atoms with Gasteiger partial charge >= 0.3 is 6.18 Å². The summed E-state index contributed by atoms with van der Waals surface area (Å²) >= 11 is 0. The second-order valence-corrected chi connectivity index (χ2v) is 7.45. The smallest absolute Gasteiger partial charge is 0.416 e. The van der Waals surface area contributed by atoms with Gasteiger partial charge in [-0.05, 0) is 30.7 Å². The number of hydrogen-bond donors (Lipinski definition) is 2. The third kappa shape index (κ3) is 9.51. The number of rotatable bonds is 8. The van der Waals surface area contributed by atoms with Crippen LogP contribution in [0.15, 0.2) is 24.3 Å². The van der Waals surface area contributed by atoms with Crippen molar-refractivity contribution in [3.63, 3.8) is 0 Å². The van der Waals surface area contributed by atoms with Gasteiger partial charge in [-0.1, -0.05) is 0 Å². The molecule has 1 unspecified atom stereocenters. The fraction of sp³-hybridized carbons (Fsp3) is 0.500. The number of amides is 1. The number of alkyl halides is 3. The predicted octanol–water partition coefficient (Wildman–Crippen LogP) is 1.38. The summed E-state index contributed by atoms with van der Waals surface area (Å²) in [6, 6.07) is 3.21. The van der Waals surface area contributed by atoms with E-state index in [9.17, 15) is 26.4 Å². The number of sulfone groups is 1. The summed E-state index contributed by atoms with van der Waals surface area (Å²) in [7, 11) is -3.19. The normalized spacial score (nSPS) is 12.8. The summed E-state index contributed by atoms with van der Waals surface area (Å²) in [5.74, 6) is -0.475. The van der Waals surface area contributed by atoms with Crippen molar-refractivity contribution in [2.75, 3.05) is 25.2 Å². The molecule has 25 heavy (non-hydrogen) atoms. The molecule has 144 valence electrons. The van der Waals surface area contributed by atoms with Crippen LogP contribution in [-0.4, -0.2) is 45.5 Å². The number of ether oxygens (including phenoxy) is 1. The Morgan fingerprint density at radius 1 is 1.28 bits per heavy atom. The zero-order chi connectivity index (χ0) is 18.4. The van der Waals surface area contributed by atoms with Crippen LogP contribution in [0.3, 0.4) is 0 Å². The van der Waals surface area contributed by atoms with E-state index < -0.39 is 33.5 Å². The molecule has 0 aliphatic rings. The first-order valence-corrected chi connectivity index (χ1v) is 9.06. The van der Waals surface area contributed by atoms with Gasteiger partial charge in [0, 0.05) is 6.26 Å². The SMILES string of the molecule is CS(=O)(=O)CCC(N)C(=O)NCCOc1ccc(C(F)(F)F)cc1.Cl. The van der Waals surface area contributed by atoms with Gasteiger partial charge in [0.25, 0.3) is 0 Å². The van der Waals surface area contributed by atoms with Crippen molar-refractivity contribution in [3.05, 3.63) is 29.8 Å². The monoisotopic (exact) mass is 404 g/mol. The van der Waals surface area contributed by atoms with E-state index >= 15 is 0 Å². The maximum absolute atomic E-state index is 12.4. The molecule has 0 radical (unpaired) electrons. The summed E-state index contributed by atoms with van der Waals surface area (Å²) in [6.45, 7) is 0.127. The Morgan fingerprint density at radius 3 is 2.32 bits per heavy atom. The molecule has 0 aromatic heterocycles. The average molecular weight is 405 g/mol. The second-order valence-electron chi connectivity index (χ2n) is 5.19. The third-order valence-electron chi connectivity index (χ3n) is 2.99. The first-order valence-electron chi connectivity index (χ1n) is 7.00. The Bertz CT molecular complexity index is 651. The lowest BCUT2D eigenvalue weighted by molar-refractivity contribution is -0.137. The van der Waals surface area contributed by atoms with Gasteiger partial charge in [-0.2, -0.15) is 13.2 Å². The molecule has 1 amide bonds. The second kappa shape index (κ2) is 9.83. The lowest BCUT2D eigenvalue weighted by Crippen LogP contribution is -2.42. The average Bonchev–Trinajstić information content (AvgIpc) is 2.47. The number of carbonyl (C=O) groups excluding carboxylic acids is 1. The first kappa shape index (κ1) is 23.5. The Balaban J connectivity index is 0.00000576. The highest BCUT2D eigenvalue weighted by Gasteiger charge is 2.30. The van der Waals surface area contributed by atoms with Crippen LogP contribution >= 0.6 is 12.4 Å². The molecule has 1 atom stereocenters. The highest BCUT2D eigenvalue weighted by atomic mass is 35.5. The van der Waals surface area contributed by atoms with E-state index in [-0.39, 0.29) is 43.5 Å². The lowest BCUT2D eigenvalue weighted by Gasteiger charge is -2.12. The highest BCUT2D eigenvalue weighted by molar-refractivity contribution is 7.90. The fourth-order valence-electron chi connectivity index (χ4n) is 1.69. The topological polar surface area (TPSA) is 98.5 Å². The molecule has 1 aromatic carbocycles. The van der Waals surface area contributed by atoms with Crippen LogP contribution in [0.5, 0.6) is 5.75 Å². The molecule has 0 bridgehead atoms. The van der Waals surface area contributed by atoms with Crippen LogP contribution in [0.4, 0.5) is 13.2 Å². The van der Waals surface area contributed by atoms with Crippen LogP contribution in [0.2, 0.25) is 0 Å². The molecule has 6 nitrogen and oxygen atoms in total. The van der Waals surface area contributed by atoms with Crippen molar-refractivity contribution < 1.29 is 31.1 Å². The molecule has 1 aromatic rings. The van der Waals surface area contributed by atoms with Crippen molar-refractivity contribution in [3.8, 4) is 5.75 Å². The molecule has 0 saturated carbocycles. The van der Waals surface area contributed by atoms with Crippen molar-refractivity contribution in [2.45, 2.75) is 18.6 Å². The number of benzene rings is 1. The van der Waals surface area contributed by atoms with Crippen LogP contribution in [0.1, 0.15) is 12.0 Å². The largest absolute Gasteiger partial charge is 0.492 e. The van der Waals surface area contributed by atoms with Crippen molar-refractivity contribution in [1.29, 1.82) is 0 Å². The Labute approximate surface area is 150 Å². The van der Waals surface area contributed by atoms with Gasteiger partial charge in [0.15, 0.2) is 0 Å². The number of halogens is 4. The van der Waals surface area contributed by atoms with Crippen LogP contribution in [0.25, 0.3) is 0 Å². The molecule has 0 heterocycles. The van der Waals surface area contributed by atoms with Crippen molar-refractivity contribution >= 4 is 28.2 Å².